The average Bonchev–Trinajstić information content (AvgIpc) is 2.86. The number of nitrogens with zero attached hydrogens (tertiary/aromatic N) is 3. The fraction of sp³-hybridized carbons (Fsp3) is 0.714. The topological polar surface area (TPSA) is 50.3 Å². The summed E-state index contributed by atoms with van der Waals surface area (Å²) in [5.41, 5.74) is 0.260. The lowest BCUT2D eigenvalue weighted by atomic mass is 9.87. The molecule has 2 rings (SSSR count). The molecular formula is C14H24N4O. The highest BCUT2D eigenvalue weighted by molar-refractivity contribution is 5.59. The lowest BCUT2D eigenvalue weighted by Crippen LogP contribution is -2.32. The largest absolute Gasteiger partial charge is 0.384 e. The summed E-state index contributed by atoms with van der Waals surface area (Å²) in [6, 6.07) is 0. The van der Waals surface area contributed by atoms with Crippen LogP contribution in [0.2, 0.25) is 0 Å². The number of rotatable bonds is 6. The van der Waals surface area contributed by atoms with Crippen molar-refractivity contribution >= 4 is 11.6 Å². The van der Waals surface area contributed by atoms with Crippen LogP contribution in [0.4, 0.5) is 11.6 Å². The molecule has 1 heterocycles. The van der Waals surface area contributed by atoms with Gasteiger partial charge in [-0.25, -0.2) is 9.97 Å². The first-order chi connectivity index (χ1) is 9.17. The summed E-state index contributed by atoms with van der Waals surface area (Å²) in [6.45, 7) is 1.72. The molecule has 0 amide bonds. The van der Waals surface area contributed by atoms with E-state index in [1.54, 1.807) is 19.5 Å². The SMILES string of the molecule is COCC1(CNc2nccnc2N(C)C)CCCC1. The molecule has 0 spiro atoms. The molecule has 0 bridgehead atoms. The first-order valence-electron chi connectivity index (χ1n) is 6.88. The molecule has 1 saturated carbocycles. The molecule has 0 saturated heterocycles. The van der Waals surface area contributed by atoms with Crippen LogP contribution in [0.5, 0.6) is 0 Å². The van der Waals surface area contributed by atoms with E-state index in [-0.39, 0.29) is 5.41 Å². The highest BCUT2D eigenvalue weighted by atomic mass is 16.5. The van der Waals surface area contributed by atoms with E-state index in [4.69, 9.17) is 4.74 Å². The molecule has 5 nitrogen and oxygen atoms in total. The van der Waals surface area contributed by atoms with Crippen LogP contribution >= 0.6 is 0 Å². The molecule has 1 N–H and O–H groups in total. The van der Waals surface area contributed by atoms with Gasteiger partial charge >= 0.3 is 0 Å². The number of hydrogen-bond donors (Lipinski definition) is 1. The lowest BCUT2D eigenvalue weighted by Gasteiger charge is -2.29. The van der Waals surface area contributed by atoms with Crippen LogP contribution in [0.15, 0.2) is 12.4 Å². The molecule has 0 unspecified atom stereocenters. The van der Waals surface area contributed by atoms with Crippen molar-refractivity contribution in [3.8, 4) is 0 Å². The summed E-state index contributed by atoms with van der Waals surface area (Å²) >= 11 is 0. The molecule has 5 heteroatoms. The van der Waals surface area contributed by atoms with Gasteiger partial charge in [0.05, 0.1) is 6.61 Å². The van der Waals surface area contributed by atoms with E-state index in [9.17, 15) is 0 Å². The van der Waals surface area contributed by atoms with Crippen molar-refractivity contribution in [2.24, 2.45) is 5.41 Å². The molecular weight excluding hydrogens is 240 g/mol. The molecule has 106 valence electrons. The Labute approximate surface area is 115 Å². The van der Waals surface area contributed by atoms with Gasteiger partial charge in [-0.15, -0.1) is 0 Å². The Hall–Kier alpha value is -1.36. The Bertz CT molecular complexity index is 402. The van der Waals surface area contributed by atoms with E-state index >= 15 is 0 Å². The van der Waals surface area contributed by atoms with Gasteiger partial charge in [-0.1, -0.05) is 12.8 Å². The van der Waals surface area contributed by atoms with Crippen molar-refractivity contribution in [2.45, 2.75) is 25.7 Å². The molecule has 0 aromatic carbocycles. The van der Waals surface area contributed by atoms with Crippen LogP contribution in [0.25, 0.3) is 0 Å². The molecule has 1 fully saturated rings. The zero-order valence-corrected chi connectivity index (χ0v) is 12.1. The Morgan fingerprint density at radius 3 is 2.58 bits per heavy atom. The Morgan fingerprint density at radius 1 is 1.26 bits per heavy atom. The highest BCUT2D eigenvalue weighted by Crippen LogP contribution is 2.38. The van der Waals surface area contributed by atoms with Crippen LogP contribution in [0.1, 0.15) is 25.7 Å². The first kappa shape index (κ1) is 14.1. The second kappa shape index (κ2) is 6.19. The van der Waals surface area contributed by atoms with Crippen molar-refractivity contribution < 1.29 is 4.74 Å². The second-order valence-corrected chi connectivity index (χ2v) is 5.62. The number of ether oxygens (including phenoxy) is 1. The summed E-state index contributed by atoms with van der Waals surface area (Å²) in [6.07, 6.45) is 8.50. The van der Waals surface area contributed by atoms with Gasteiger partial charge in [0.2, 0.25) is 0 Å². The molecule has 0 radical (unpaired) electrons. The predicted octanol–water partition coefficient (Wildman–Crippen LogP) is 2.16. The number of anilines is 2. The maximum atomic E-state index is 5.41. The zero-order valence-electron chi connectivity index (χ0n) is 12.1. The van der Waals surface area contributed by atoms with Gasteiger partial charge in [-0.05, 0) is 12.8 Å². The quantitative estimate of drug-likeness (QED) is 0.853. The molecule has 1 aliphatic rings. The average molecular weight is 264 g/mol. The van der Waals surface area contributed by atoms with Gasteiger partial charge in [0, 0.05) is 45.6 Å². The van der Waals surface area contributed by atoms with Gasteiger partial charge < -0.3 is 15.0 Å². The minimum Gasteiger partial charge on any atom is -0.384 e. The first-order valence-corrected chi connectivity index (χ1v) is 6.88. The van der Waals surface area contributed by atoms with Crippen LogP contribution in [0, 0.1) is 5.41 Å². The summed E-state index contributed by atoms with van der Waals surface area (Å²) in [5, 5.41) is 3.47. The van der Waals surface area contributed by atoms with Gasteiger partial charge in [-0.2, -0.15) is 0 Å². The predicted molar refractivity (Wildman–Crippen MR) is 77.6 cm³/mol. The van der Waals surface area contributed by atoms with Gasteiger partial charge in [0.1, 0.15) is 0 Å². The van der Waals surface area contributed by atoms with E-state index in [0.29, 0.717) is 0 Å². The Kier molecular flexibility index (Phi) is 4.58. The van der Waals surface area contributed by atoms with E-state index in [2.05, 4.69) is 15.3 Å². The standard InChI is InChI=1S/C14H24N4O/c1-18(2)13-12(15-8-9-16-13)17-10-14(11-19-3)6-4-5-7-14/h8-9H,4-7,10-11H2,1-3H3,(H,15,17). The summed E-state index contributed by atoms with van der Waals surface area (Å²) < 4.78 is 5.41. The van der Waals surface area contributed by atoms with Crippen LogP contribution in [-0.2, 0) is 4.74 Å². The van der Waals surface area contributed by atoms with Crippen LogP contribution in [-0.4, -0.2) is 44.3 Å². The summed E-state index contributed by atoms with van der Waals surface area (Å²) in [5.74, 6) is 1.74. The number of nitrogens with one attached hydrogen (secondary N) is 1. The minimum absolute atomic E-state index is 0.260. The second-order valence-electron chi connectivity index (χ2n) is 5.62. The van der Waals surface area contributed by atoms with Gasteiger partial charge in [0.15, 0.2) is 11.6 Å². The zero-order chi connectivity index (χ0) is 13.7. The maximum absolute atomic E-state index is 5.41. The Balaban J connectivity index is 2.05. The lowest BCUT2D eigenvalue weighted by molar-refractivity contribution is 0.0923. The fourth-order valence-corrected chi connectivity index (χ4v) is 2.86. The molecule has 1 aliphatic carbocycles. The fourth-order valence-electron chi connectivity index (χ4n) is 2.86. The third-order valence-electron chi connectivity index (χ3n) is 3.85. The monoisotopic (exact) mass is 264 g/mol. The third kappa shape index (κ3) is 3.35. The number of methoxy groups -OCH3 is 1. The van der Waals surface area contributed by atoms with Crippen molar-refractivity contribution in [3.63, 3.8) is 0 Å². The number of aromatic nitrogens is 2. The third-order valence-corrected chi connectivity index (χ3v) is 3.85. The highest BCUT2D eigenvalue weighted by Gasteiger charge is 2.34. The van der Waals surface area contributed by atoms with Crippen LogP contribution < -0.4 is 10.2 Å². The molecule has 0 atom stereocenters. The summed E-state index contributed by atoms with van der Waals surface area (Å²) in [4.78, 5) is 10.7. The summed E-state index contributed by atoms with van der Waals surface area (Å²) in [7, 11) is 5.75. The normalized spacial score (nSPS) is 17.4. The van der Waals surface area contributed by atoms with Crippen molar-refractivity contribution in [1.29, 1.82) is 0 Å². The molecule has 0 aliphatic heterocycles. The van der Waals surface area contributed by atoms with Crippen molar-refractivity contribution in [3.05, 3.63) is 12.4 Å². The van der Waals surface area contributed by atoms with E-state index < -0.39 is 0 Å². The van der Waals surface area contributed by atoms with E-state index in [1.807, 2.05) is 19.0 Å². The molecule has 1 aromatic rings. The van der Waals surface area contributed by atoms with Gasteiger partial charge in [-0.3, -0.25) is 0 Å². The molecule has 19 heavy (non-hydrogen) atoms. The van der Waals surface area contributed by atoms with Crippen LogP contribution in [0.3, 0.4) is 0 Å². The van der Waals surface area contributed by atoms with Crippen molar-refractivity contribution in [2.75, 3.05) is 44.6 Å². The maximum Gasteiger partial charge on any atom is 0.171 e. The van der Waals surface area contributed by atoms with E-state index in [0.717, 1.165) is 24.8 Å². The molecule has 1 aromatic heterocycles. The number of hydrogen-bond acceptors (Lipinski definition) is 5. The smallest absolute Gasteiger partial charge is 0.171 e. The van der Waals surface area contributed by atoms with Gasteiger partial charge in [0.25, 0.3) is 0 Å². The van der Waals surface area contributed by atoms with Crippen molar-refractivity contribution in [1.82, 2.24) is 9.97 Å². The minimum atomic E-state index is 0.260. The van der Waals surface area contributed by atoms with E-state index in [1.165, 1.54) is 25.7 Å². The Morgan fingerprint density at radius 2 is 1.95 bits per heavy atom.